The third-order valence-corrected chi connectivity index (χ3v) is 4.60. The molecule has 1 atom stereocenters. The zero-order chi connectivity index (χ0) is 18.5. The highest BCUT2D eigenvalue weighted by atomic mass is 16.5. The van der Waals surface area contributed by atoms with E-state index in [0.29, 0.717) is 25.3 Å². The summed E-state index contributed by atoms with van der Waals surface area (Å²) in [5.41, 5.74) is 3.55. The van der Waals surface area contributed by atoms with E-state index >= 15 is 0 Å². The smallest absolute Gasteiger partial charge is 0.255 e. The molecule has 2 aromatic rings. The lowest BCUT2D eigenvalue weighted by atomic mass is 10.0. The van der Waals surface area contributed by atoms with Crippen LogP contribution in [0, 0.1) is 6.92 Å². The van der Waals surface area contributed by atoms with Gasteiger partial charge in [0.2, 0.25) is 5.91 Å². The van der Waals surface area contributed by atoms with Crippen LogP contribution in [0.5, 0.6) is 0 Å². The highest BCUT2D eigenvalue weighted by molar-refractivity contribution is 6.04. The minimum Gasteiger partial charge on any atom is -0.385 e. The van der Waals surface area contributed by atoms with E-state index in [1.54, 1.807) is 18.1 Å². The number of nitrogens with zero attached hydrogens (tertiary/aromatic N) is 1. The maximum absolute atomic E-state index is 12.9. The molecule has 5 nitrogen and oxygen atoms in total. The predicted molar refractivity (Wildman–Crippen MR) is 99.7 cm³/mol. The van der Waals surface area contributed by atoms with Crippen LogP contribution >= 0.6 is 0 Å². The molecule has 5 heteroatoms. The Kier molecular flexibility index (Phi) is 5.68. The van der Waals surface area contributed by atoms with Crippen LogP contribution in [-0.2, 0) is 16.1 Å². The molecule has 0 bridgehead atoms. The molecule has 0 aliphatic carbocycles. The molecule has 3 rings (SSSR count). The zero-order valence-corrected chi connectivity index (χ0v) is 15.2. The summed E-state index contributed by atoms with van der Waals surface area (Å²) in [7, 11) is 1.64. The Morgan fingerprint density at radius 2 is 1.88 bits per heavy atom. The second-order valence-corrected chi connectivity index (χ2v) is 6.55. The Morgan fingerprint density at radius 1 is 1.15 bits per heavy atom. The number of methoxy groups -OCH3 is 1. The molecule has 0 saturated heterocycles. The van der Waals surface area contributed by atoms with Gasteiger partial charge in [-0.25, -0.2) is 0 Å². The van der Waals surface area contributed by atoms with E-state index in [2.05, 4.69) is 5.32 Å². The number of nitrogens with one attached hydrogen (secondary N) is 1. The molecule has 1 unspecified atom stereocenters. The molecule has 0 radical (unpaired) electrons. The summed E-state index contributed by atoms with van der Waals surface area (Å²) in [5.74, 6) is -0.246. The molecule has 1 aliphatic rings. The van der Waals surface area contributed by atoms with Gasteiger partial charge < -0.3 is 15.0 Å². The fourth-order valence-electron chi connectivity index (χ4n) is 3.23. The highest BCUT2D eigenvalue weighted by Crippen LogP contribution is 2.34. The van der Waals surface area contributed by atoms with Crippen molar-refractivity contribution in [1.29, 1.82) is 0 Å². The molecule has 1 aliphatic heterocycles. The summed E-state index contributed by atoms with van der Waals surface area (Å²) in [5, 5.41) is 2.93. The molecule has 1 N–H and O–H groups in total. The predicted octanol–water partition coefficient (Wildman–Crippen LogP) is 2.84. The highest BCUT2D eigenvalue weighted by Gasteiger charge is 2.40. The van der Waals surface area contributed by atoms with Gasteiger partial charge in [-0.3, -0.25) is 9.59 Å². The number of amides is 2. The van der Waals surface area contributed by atoms with Gasteiger partial charge in [0.25, 0.3) is 5.91 Å². The molecule has 0 saturated carbocycles. The molecule has 2 amide bonds. The molecule has 26 heavy (non-hydrogen) atoms. The molecule has 0 fully saturated rings. The van der Waals surface area contributed by atoms with Crippen molar-refractivity contribution in [2.24, 2.45) is 0 Å². The van der Waals surface area contributed by atoms with Gasteiger partial charge in [-0.2, -0.15) is 0 Å². The van der Waals surface area contributed by atoms with Crippen LogP contribution in [0.1, 0.15) is 39.5 Å². The number of ether oxygens (including phenoxy) is 1. The maximum atomic E-state index is 12.9. The lowest BCUT2D eigenvalue weighted by Gasteiger charge is -2.25. The van der Waals surface area contributed by atoms with E-state index in [1.165, 1.54) is 0 Å². The first kappa shape index (κ1) is 18.1. The van der Waals surface area contributed by atoms with Crippen LogP contribution in [0.15, 0.2) is 48.5 Å². The largest absolute Gasteiger partial charge is 0.385 e. The standard InChI is InChI=1S/C21H24N2O3/c1-15-8-10-16(11-9-15)14-23-19(20(24)22-12-5-13-26-2)17-6-3-4-7-18(17)21(23)25/h3-4,6-11,19H,5,12-14H2,1-2H3,(H,22,24). The van der Waals surface area contributed by atoms with Crippen LogP contribution in [0.2, 0.25) is 0 Å². The topological polar surface area (TPSA) is 58.6 Å². The van der Waals surface area contributed by atoms with E-state index in [9.17, 15) is 9.59 Å². The van der Waals surface area contributed by atoms with Crippen molar-refractivity contribution in [3.8, 4) is 0 Å². The van der Waals surface area contributed by atoms with Gasteiger partial charge in [-0.15, -0.1) is 0 Å². The zero-order valence-electron chi connectivity index (χ0n) is 15.2. The molecule has 0 aromatic heterocycles. The van der Waals surface area contributed by atoms with E-state index in [-0.39, 0.29) is 11.8 Å². The summed E-state index contributed by atoms with van der Waals surface area (Å²) in [6, 6.07) is 14.8. The van der Waals surface area contributed by atoms with Crippen LogP contribution in [0.4, 0.5) is 0 Å². The van der Waals surface area contributed by atoms with Crippen LogP contribution in [-0.4, -0.2) is 37.0 Å². The summed E-state index contributed by atoms with van der Waals surface area (Å²) in [4.78, 5) is 27.4. The molecule has 1 heterocycles. The van der Waals surface area contributed by atoms with Gasteiger partial charge in [-0.05, 0) is 30.5 Å². The van der Waals surface area contributed by atoms with Crippen molar-refractivity contribution in [3.63, 3.8) is 0 Å². The lowest BCUT2D eigenvalue weighted by molar-refractivity contribution is -0.125. The average molecular weight is 352 g/mol. The second kappa shape index (κ2) is 8.15. The fourth-order valence-corrected chi connectivity index (χ4v) is 3.23. The first-order valence-electron chi connectivity index (χ1n) is 8.84. The number of rotatable bonds is 7. The fraction of sp³-hybridized carbons (Fsp3) is 0.333. The van der Waals surface area contributed by atoms with Crippen molar-refractivity contribution < 1.29 is 14.3 Å². The van der Waals surface area contributed by atoms with E-state index < -0.39 is 6.04 Å². The molecule has 0 spiro atoms. The number of benzene rings is 2. The summed E-state index contributed by atoms with van der Waals surface area (Å²) < 4.78 is 5.02. The minimum absolute atomic E-state index is 0.0989. The Balaban J connectivity index is 1.82. The third-order valence-electron chi connectivity index (χ3n) is 4.60. The monoisotopic (exact) mass is 352 g/mol. The first-order chi connectivity index (χ1) is 12.6. The van der Waals surface area contributed by atoms with Crippen LogP contribution in [0.3, 0.4) is 0 Å². The van der Waals surface area contributed by atoms with Gasteiger partial charge >= 0.3 is 0 Å². The van der Waals surface area contributed by atoms with Crippen molar-refractivity contribution in [2.45, 2.75) is 25.9 Å². The quantitative estimate of drug-likeness (QED) is 0.780. The summed E-state index contributed by atoms with van der Waals surface area (Å²) in [6.45, 7) is 3.55. The van der Waals surface area contributed by atoms with E-state index in [1.807, 2.05) is 49.4 Å². The average Bonchev–Trinajstić information content (AvgIpc) is 2.93. The van der Waals surface area contributed by atoms with E-state index in [4.69, 9.17) is 4.74 Å². The summed E-state index contributed by atoms with van der Waals surface area (Å²) >= 11 is 0. The molecule has 136 valence electrons. The van der Waals surface area contributed by atoms with Crippen molar-refractivity contribution in [1.82, 2.24) is 10.2 Å². The van der Waals surface area contributed by atoms with E-state index in [0.717, 1.165) is 23.1 Å². The third kappa shape index (κ3) is 3.78. The molecule has 2 aromatic carbocycles. The van der Waals surface area contributed by atoms with Gasteiger partial charge in [0.15, 0.2) is 0 Å². The maximum Gasteiger partial charge on any atom is 0.255 e. The van der Waals surface area contributed by atoms with Crippen LogP contribution < -0.4 is 5.32 Å². The Bertz CT molecular complexity index is 786. The Hall–Kier alpha value is -2.66. The minimum atomic E-state index is -0.595. The van der Waals surface area contributed by atoms with Gasteiger partial charge in [0, 0.05) is 32.4 Å². The number of hydrogen-bond acceptors (Lipinski definition) is 3. The number of carbonyl (C=O) groups is 2. The van der Waals surface area contributed by atoms with Gasteiger partial charge in [-0.1, -0.05) is 48.0 Å². The Morgan fingerprint density at radius 3 is 2.62 bits per heavy atom. The first-order valence-corrected chi connectivity index (χ1v) is 8.84. The number of hydrogen-bond donors (Lipinski definition) is 1. The summed E-state index contributed by atoms with van der Waals surface area (Å²) in [6.07, 6.45) is 0.739. The number of fused-ring (bicyclic) bond motifs is 1. The van der Waals surface area contributed by atoms with Gasteiger partial charge in [0.1, 0.15) is 6.04 Å². The van der Waals surface area contributed by atoms with Gasteiger partial charge in [0.05, 0.1) is 0 Å². The number of aryl methyl sites for hydroxylation is 1. The van der Waals surface area contributed by atoms with Crippen molar-refractivity contribution in [2.75, 3.05) is 20.3 Å². The molecular formula is C21H24N2O3. The SMILES string of the molecule is COCCCNC(=O)C1c2ccccc2C(=O)N1Cc1ccc(C)cc1. The molecular weight excluding hydrogens is 328 g/mol. The lowest BCUT2D eigenvalue weighted by Crippen LogP contribution is -2.39. The van der Waals surface area contributed by atoms with Crippen LogP contribution in [0.25, 0.3) is 0 Å². The van der Waals surface area contributed by atoms with Crippen molar-refractivity contribution in [3.05, 3.63) is 70.8 Å². The Labute approximate surface area is 154 Å². The number of carbonyl (C=O) groups excluding carboxylic acids is 2. The second-order valence-electron chi connectivity index (χ2n) is 6.55. The normalized spacial score (nSPS) is 15.8. The van der Waals surface area contributed by atoms with Crippen molar-refractivity contribution >= 4 is 11.8 Å².